The number of nitrogens with zero attached hydrogens (tertiary/aromatic N) is 7. The van der Waals surface area contributed by atoms with Crippen molar-refractivity contribution in [1.29, 1.82) is 0 Å². The third-order valence-corrected chi connectivity index (χ3v) is 12.5. The normalized spacial score (nSPS) is 19.5. The van der Waals surface area contributed by atoms with Gasteiger partial charge in [-0.25, -0.2) is 23.4 Å². The van der Waals surface area contributed by atoms with Gasteiger partial charge in [-0.1, -0.05) is 24.3 Å². The Morgan fingerprint density at radius 3 is 2.37 bits per heavy atom. The fourth-order valence-electron chi connectivity index (χ4n) is 9.05. The standard InChI is InChI=1S/C46H52F2N8O6/c1-26-31(32-9-7-11-37-33(32)22-50-56(37)30-19-40(60-4)34(41(20-30)61-5)24-55(3)38-16-17-62-25-39(38)57)8-6-10-35(26)51-44-42-36(52-45(53-44)43(47)48)18-27(21-49-42)23-54(2)29-14-12-28(13-15-29)46(58)59/h6-11,18-22,28-29,38-39,43,57H,12-17,23-25H2,1-5H3,(H,58,59)(H,51,52,53)/t28?,29?,38-,39+/m1/s1. The molecule has 2 fully saturated rings. The first-order valence-electron chi connectivity index (χ1n) is 20.9. The fraction of sp³-hybridized carbons (Fsp3) is 0.413. The Morgan fingerprint density at radius 1 is 0.952 bits per heavy atom. The van der Waals surface area contributed by atoms with E-state index in [1.54, 1.807) is 26.5 Å². The van der Waals surface area contributed by atoms with Crippen molar-refractivity contribution in [2.45, 2.75) is 76.7 Å². The number of fused-ring (bicyclic) bond motifs is 2. The van der Waals surface area contributed by atoms with Crippen molar-refractivity contribution in [3.63, 3.8) is 0 Å². The van der Waals surface area contributed by atoms with Gasteiger partial charge in [-0.3, -0.25) is 19.6 Å². The van der Waals surface area contributed by atoms with Crippen LogP contribution < -0.4 is 14.8 Å². The SMILES string of the molecule is COc1cc(-n2ncc3c(-c4cccc(Nc5nc(C(F)F)nc6cc(CN(C)C7CCC(C(=O)O)CC7)cnc56)c4C)cccc32)cc(OC)c1CN(C)[C@@H]1CCOC[C@@H]1O. The maximum Gasteiger partial charge on any atom is 0.306 e. The van der Waals surface area contributed by atoms with Gasteiger partial charge in [-0.05, 0) is 93.6 Å². The van der Waals surface area contributed by atoms with E-state index in [1.165, 1.54) is 0 Å². The molecule has 8 rings (SSSR count). The van der Waals surface area contributed by atoms with Crippen molar-refractivity contribution in [3.8, 4) is 28.3 Å². The van der Waals surface area contributed by atoms with Gasteiger partial charge in [0.15, 0.2) is 11.6 Å². The maximum absolute atomic E-state index is 14.3. The van der Waals surface area contributed by atoms with Crippen molar-refractivity contribution in [2.75, 3.05) is 46.8 Å². The van der Waals surface area contributed by atoms with E-state index in [0.717, 1.165) is 63.7 Å². The number of aliphatic hydroxyl groups excluding tert-OH is 1. The van der Waals surface area contributed by atoms with Crippen LogP contribution in [0.3, 0.4) is 0 Å². The van der Waals surface area contributed by atoms with Crippen molar-refractivity contribution >= 4 is 39.4 Å². The lowest BCUT2D eigenvalue weighted by Crippen LogP contribution is -2.47. The number of anilines is 2. The molecule has 0 spiro atoms. The molecule has 3 N–H and O–H groups in total. The van der Waals surface area contributed by atoms with E-state index in [-0.39, 0.29) is 23.8 Å². The Hall–Kier alpha value is -5.81. The molecule has 0 radical (unpaired) electrons. The van der Waals surface area contributed by atoms with Crippen molar-refractivity contribution in [3.05, 3.63) is 89.5 Å². The zero-order valence-electron chi connectivity index (χ0n) is 35.5. The smallest absolute Gasteiger partial charge is 0.306 e. The molecular formula is C46H52F2N8O6. The summed E-state index contributed by atoms with van der Waals surface area (Å²) in [4.78, 5) is 28.9. The summed E-state index contributed by atoms with van der Waals surface area (Å²) in [5, 5.41) is 29.0. The third kappa shape index (κ3) is 8.64. The number of aromatic nitrogens is 5. The number of rotatable bonds is 14. The highest BCUT2D eigenvalue weighted by molar-refractivity contribution is 5.97. The zero-order valence-corrected chi connectivity index (χ0v) is 35.5. The van der Waals surface area contributed by atoms with Gasteiger partial charge in [0.25, 0.3) is 6.43 Å². The molecule has 16 heteroatoms. The summed E-state index contributed by atoms with van der Waals surface area (Å²) < 4.78 is 47.7. The number of ether oxygens (including phenoxy) is 3. The summed E-state index contributed by atoms with van der Waals surface area (Å²) in [6.45, 7) is 3.86. The molecule has 2 aliphatic rings. The predicted octanol–water partition coefficient (Wildman–Crippen LogP) is 7.69. The van der Waals surface area contributed by atoms with Crippen LogP contribution in [0.5, 0.6) is 11.5 Å². The number of halogens is 2. The summed E-state index contributed by atoms with van der Waals surface area (Å²) in [5.74, 6) is -0.224. The van der Waals surface area contributed by atoms with Gasteiger partial charge in [0.2, 0.25) is 0 Å². The molecule has 3 aromatic heterocycles. The number of benzene rings is 3. The van der Waals surface area contributed by atoms with E-state index in [2.05, 4.69) is 30.1 Å². The van der Waals surface area contributed by atoms with Gasteiger partial charge < -0.3 is 29.7 Å². The molecule has 0 amide bonds. The summed E-state index contributed by atoms with van der Waals surface area (Å²) in [7, 11) is 7.21. The number of aliphatic hydroxyl groups is 1. The molecule has 326 valence electrons. The molecule has 1 saturated carbocycles. The van der Waals surface area contributed by atoms with E-state index in [9.17, 15) is 23.8 Å². The van der Waals surface area contributed by atoms with Crippen molar-refractivity contribution in [1.82, 2.24) is 34.5 Å². The highest BCUT2D eigenvalue weighted by Crippen LogP contribution is 2.39. The monoisotopic (exact) mass is 850 g/mol. The molecule has 2 atom stereocenters. The minimum Gasteiger partial charge on any atom is -0.496 e. The second-order valence-electron chi connectivity index (χ2n) is 16.3. The molecule has 1 aliphatic heterocycles. The number of likely N-dealkylation sites (N-methyl/N-ethyl adjacent to an activating group) is 1. The fourth-order valence-corrected chi connectivity index (χ4v) is 9.05. The second kappa shape index (κ2) is 18.3. The average Bonchev–Trinajstić information content (AvgIpc) is 3.72. The van der Waals surface area contributed by atoms with E-state index in [4.69, 9.17) is 19.3 Å². The molecule has 1 saturated heterocycles. The topological polar surface area (TPSA) is 160 Å². The van der Waals surface area contributed by atoms with Gasteiger partial charge in [-0.2, -0.15) is 5.10 Å². The lowest BCUT2D eigenvalue weighted by molar-refractivity contribution is -0.143. The first kappa shape index (κ1) is 42.9. The molecule has 0 bridgehead atoms. The lowest BCUT2D eigenvalue weighted by atomic mass is 9.85. The summed E-state index contributed by atoms with van der Waals surface area (Å²) in [5.41, 5.74) is 7.27. The number of aliphatic carboxylic acids is 1. The Balaban J connectivity index is 1.07. The van der Waals surface area contributed by atoms with Gasteiger partial charge in [0.1, 0.15) is 17.0 Å². The first-order valence-corrected chi connectivity index (χ1v) is 20.9. The van der Waals surface area contributed by atoms with Gasteiger partial charge >= 0.3 is 5.97 Å². The highest BCUT2D eigenvalue weighted by Gasteiger charge is 2.30. The molecule has 14 nitrogen and oxygen atoms in total. The third-order valence-electron chi connectivity index (χ3n) is 12.5. The summed E-state index contributed by atoms with van der Waals surface area (Å²) in [6.07, 6.45) is 3.58. The molecule has 3 aromatic carbocycles. The van der Waals surface area contributed by atoms with Gasteiger partial charge in [0, 0.05) is 61.2 Å². The molecule has 4 heterocycles. The Kier molecular flexibility index (Phi) is 12.6. The van der Waals surface area contributed by atoms with Crippen LogP contribution in [0.1, 0.15) is 61.0 Å². The summed E-state index contributed by atoms with van der Waals surface area (Å²) in [6, 6.07) is 17.6. The molecule has 62 heavy (non-hydrogen) atoms. The van der Waals surface area contributed by atoms with Gasteiger partial charge in [-0.15, -0.1) is 0 Å². The van der Waals surface area contributed by atoms with Crippen LogP contribution >= 0.6 is 0 Å². The Bertz CT molecular complexity index is 2560. The van der Waals surface area contributed by atoms with E-state index in [0.29, 0.717) is 67.4 Å². The first-order chi connectivity index (χ1) is 29.9. The van der Waals surface area contributed by atoms with E-state index in [1.807, 2.05) is 80.4 Å². The highest BCUT2D eigenvalue weighted by atomic mass is 19.3. The Labute approximate surface area is 358 Å². The molecule has 0 unspecified atom stereocenters. The zero-order chi connectivity index (χ0) is 43.7. The summed E-state index contributed by atoms with van der Waals surface area (Å²) >= 11 is 0. The largest absolute Gasteiger partial charge is 0.496 e. The number of carboxylic acid groups (broad SMARTS) is 1. The quantitative estimate of drug-likeness (QED) is 0.0980. The van der Waals surface area contributed by atoms with Crippen LogP contribution in [0.25, 0.3) is 38.8 Å². The van der Waals surface area contributed by atoms with Crippen molar-refractivity contribution < 1.29 is 38.0 Å². The minimum atomic E-state index is -2.90. The second-order valence-corrected chi connectivity index (χ2v) is 16.3. The number of carbonyl (C=O) groups is 1. The van der Waals surface area contributed by atoms with Crippen LogP contribution in [0, 0.1) is 12.8 Å². The van der Waals surface area contributed by atoms with Crippen LogP contribution in [-0.4, -0.2) is 110 Å². The van der Waals surface area contributed by atoms with Crippen LogP contribution in [-0.2, 0) is 22.6 Å². The minimum absolute atomic E-state index is 0.0627. The number of hydrogen-bond acceptors (Lipinski definition) is 12. The number of pyridine rings is 1. The number of carboxylic acids is 1. The van der Waals surface area contributed by atoms with Crippen LogP contribution in [0.4, 0.5) is 20.3 Å². The molecule has 6 aromatic rings. The Morgan fingerprint density at radius 2 is 1.68 bits per heavy atom. The number of methoxy groups -OCH3 is 2. The molecule has 1 aliphatic carbocycles. The lowest BCUT2D eigenvalue weighted by Gasteiger charge is -2.35. The molecular weight excluding hydrogens is 799 g/mol. The number of alkyl halides is 2. The average molecular weight is 851 g/mol. The van der Waals surface area contributed by atoms with Crippen molar-refractivity contribution in [2.24, 2.45) is 5.92 Å². The maximum atomic E-state index is 14.3. The van der Waals surface area contributed by atoms with E-state index >= 15 is 0 Å². The number of hydrogen-bond donors (Lipinski definition) is 3. The van der Waals surface area contributed by atoms with Crippen LogP contribution in [0.2, 0.25) is 0 Å². The van der Waals surface area contributed by atoms with Crippen LogP contribution in [0.15, 0.2) is 67.0 Å². The number of nitrogens with one attached hydrogen (secondary N) is 1. The van der Waals surface area contributed by atoms with Gasteiger partial charge in [0.05, 0.1) is 61.3 Å². The van der Waals surface area contributed by atoms with E-state index < -0.39 is 24.3 Å². The predicted molar refractivity (Wildman–Crippen MR) is 231 cm³/mol.